The summed E-state index contributed by atoms with van der Waals surface area (Å²) in [5.41, 5.74) is 5.92. The molecular formula is C19H15ClN6OS. The normalized spacial score (nSPS) is 11.2. The molecule has 4 rings (SSSR count). The predicted molar refractivity (Wildman–Crippen MR) is 114 cm³/mol. The minimum absolute atomic E-state index is 0.152. The number of para-hydroxylation sites is 2. The molecule has 140 valence electrons. The fourth-order valence-electron chi connectivity index (χ4n) is 2.65. The van der Waals surface area contributed by atoms with Gasteiger partial charge in [0.25, 0.3) is 0 Å². The first-order valence-corrected chi connectivity index (χ1v) is 9.61. The van der Waals surface area contributed by atoms with Crippen molar-refractivity contribution < 1.29 is 4.79 Å². The van der Waals surface area contributed by atoms with Gasteiger partial charge >= 0.3 is 0 Å². The quantitative estimate of drug-likeness (QED) is 0.365. The largest absolute Gasteiger partial charge is 0.323 e. The summed E-state index contributed by atoms with van der Waals surface area (Å²) in [5.74, 6) is 0.387. The van der Waals surface area contributed by atoms with E-state index in [2.05, 4.69) is 25.5 Å². The predicted octanol–water partition coefficient (Wildman–Crippen LogP) is 4.80. The van der Waals surface area contributed by atoms with E-state index in [-0.39, 0.29) is 5.91 Å². The molecule has 9 heteroatoms. The van der Waals surface area contributed by atoms with Crippen molar-refractivity contribution in [3.05, 3.63) is 64.6 Å². The monoisotopic (exact) mass is 410 g/mol. The summed E-state index contributed by atoms with van der Waals surface area (Å²) in [6.07, 6.45) is 1.57. The summed E-state index contributed by atoms with van der Waals surface area (Å²) in [7, 11) is 0. The van der Waals surface area contributed by atoms with Gasteiger partial charge in [0.1, 0.15) is 0 Å². The van der Waals surface area contributed by atoms with Crippen LogP contribution in [0.4, 0.5) is 16.8 Å². The van der Waals surface area contributed by atoms with Gasteiger partial charge < -0.3 is 4.98 Å². The van der Waals surface area contributed by atoms with Gasteiger partial charge in [0.15, 0.2) is 5.13 Å². The van der Waals surface area contributed by atoms with Crippen molar-refractivity contribution in [2.45, 2.75) is 6.92 Å². The van der Waals surface area contributed by atoms with Crippen molar-refractivity contribution in [2.75, 3.05) is 10.3 Å². The SMILES string of the molecule is CC(=O)N(c1cccc(Cl)c1)c1nc(/C=N\Nc2nc3ccccc3[nH]2)cs1. The van der Waals surface area contributed by atoms with E-state index in [0.29, 0.717) is 27.5 Å². The molecular weight excluding hydrogens is 396 g/mol. The van der Waals surface area contributed by atoms with Crippen LogP contribution in [0.1, 0.15) is 12.6 Å². The molecule has 0 atom stereocenters. The lowest BCUT2D eigenvalue weighted by molar-refractivity contribution is -0.115. The van der Waals surface area contributed by atoms with Crippen molar-refractivity contribution in [1.29, 1.82) is 0 Å². The number of nitrogens with one attached hydrogen (secondary N) is 2. The molecule has 2 heterocycles. The number of H-pyrrole nitrogens is 1. The van der Waals surface area contributed by atoms with Crippen LogP contribution in [-0.2, 0) is 4.79 Å². The highest BCUT2D eigenvalue weighted by Gasteiger charge is 2.17. The number of nitrogens with zero attached hydrogens (tertiary/aromatic N) is 4. The third-order valence-electron chi connectivity index (χ3n) is 3.84. The minimum Gasteiger partial charge on any atom is -0.323 e. The molecule has 0 unspecified atom stereocenters. The molecule has 0 aliphatic rings. The fourth-order valence-corrected chi connectivity index (χ4v) is 3.67. The molecule has 2 aromatic heterocycles. The van der Waals surface area contributed by atoms with E-state index >= 15 is 0 Å². The van der Waals surface area contributed by atoms with E-state index in [1.807, 2.05) is 35.7 Å². The van der Waals surface area contributed by atoms with E-state index in [9.17, 15) is 4.79 Å². The lowest BCUT2D eigenvalue weighted by Gasteiger charge is -2.18. The van der Waals surface area contributed by atoms with E-state index in [1.165, 1.54) is 23.2 Å². The highest BCUT2D eigenvalue weighted by molar-refractivity contribution is 7.14. The first-order chi connectivity index (χ1) is 13.6. The molecule has 4 aromatic rings. The number of carbonyl (C=O) groups is 1. The number of rotatable bonds is 5. The molecule has 0 aliphatic heterocycles. The van der Waals surface area contributed by atoms with Crippen molar-refractivity contribution in [1.82, 2.24) is 15.0 Å². The van der Waals surface area contributed by atoms with Crippen LogP contribution in [-0.4, -0.2) is 27.1 Å². The van der Waals surface area contributed by atoms with Gasteiger partial charge in [-0.2, -0.15) is 5.10 Å². The smallest absolute Gasteiger partial charge is 0.230 e. The zero-order chi connectivity index (χ0) is 19.5. The molecule has 1 amide bonds. The Balaban J connectivity index is 1.51. The number of hydrogen-bond acceptors (Lipinski definition) is 6. The number of fused-ring (bicyclic) bond motifs is 1. The number of hydrogen-bond donors (Lipinski definition) is 2. The molecule has 0 saturated heterocycles. The topological polar surface area (TPSA) is 86.3 Å². The number of anilines is 3. The van der Waals surface area contributed by atoms with Gasteiger partial charge in [-0.3, -0.25) is 9.69 Å². The second kappa shape index (κ2) is 7.79. The lowest BCUT2D eigenvalue weighted by Crippen LogP contribution is -2.22. The van der Waals surface area contributed by atoms with Gasteiger partial charge in [0.2, 0.25) is 11.9 Å². The zero-order valence-corrected chi connectivity index (χ0v) is 16.3. The van der Waals surface area contributed by atoms with Crippen molar-refractivity contribution in [3.8, 4) is 0 Å². The summed E-state index contributed by atoms with van der Waals surface area (Å²) >= 11 is 7.39. The summed E-state index contributed by atoms with van der Waals surface area (Å²) in [6, 6.07) is 14.8. The van der Waals surface area contributed by atoms with Gasteiger partial charge in [-0.15, -0.1) is 11.3 Å². The second-order valence-corrected chi connectivity index (χ2v) is 7.13. The third-order valence-corrected chi connectivity index (χ3v) is 4.92. The Kier molecular flexibility index (Phi) is 5.05. The maximum atomic E-state index is 12.1. The van der Waals surface area contributed by atoms with Gasteiger partial charge in [-0.05, 0) is 30.3 Å². The molecule has 0 fully saturated rings. The lowest BCUT2D eigenvalue weighted by atomic mass is 10.3. The zero-order valence-electron chi connectivity index (χ0n) is 14.8. The van der Waals surface area contributed by atoms with Crippen LogP contribution in [0.3, 0.4) is 0 Å². The van der Waals surface area contributed by atoms with Crippen molar-refractivity contribution >= 4 is 62.9 Å². The number of imidazole rings is 1. The molecule has 2 N–H and O–H groups in total. The molecule has 0 radical (unpaired) electrons. The second-order valence-electron chi connectivity index (χ2n) is 5.86. The first kappa shape index (κ1) is 18.1. The maximum absolute atomic E-state index is 12.1. The first-order valence-electron chi connectivity index (χ1n) is 8.36. The molecule has 28 heavy (non-hydrogen) atoms. The molecule has 0 aliphatic carbocycles. The van der Waals surface area contributed by atoms with Gasteiger partial charge in [0.05, 0.1) is 28.6 Å². The Labute approximate surface area is 169 Å². The Morgan fingerprint density at radius 2 is 2.11 bits per heavy atom. The van der Waals surface area contributed by atoms with E-state index in [4.69, 9.17) is 11.6 Å². The van der Waals surface area contributed by atoms with Gasteiger partial charge in [-0.1, -0.05) is 29.8 Å². The molecule has 0 spiro atoms. The third kappa shape index (κ3) is 3.88. The average molecular weight is 411 g/mol. The molecule has 0 bridgehead atoms. The fraction of sp³-hybridized carbons (Fsp3) is 0.0526. The number of carbonyl (C=O) groups excluding carboxylic acids is 1. The van der Waals surface area contributed by atoms with Crippen LogP contribution in [0.2, 0.25) is 5.02 Å². The molecule has 7 nitrogen and oxygen atoms in total. The van der Waals surface area contributed by atoms with Crippen molar-refractivity contribution in [3.63, 3.8) is 0 Å². The minimum atomic E-state index is -0.152. The number of aromatic nitrogens is 3. The van der Waals surface area contributed by atoms with Crippen LogP contribution in [0.25, 0.3) is 11.0 Å². The van der Waals surface area contributed by atoms with E-state index in [0.717, 1.165) is 11.0 Å². The summed E-state index contributed by atoms with van der Waals surface area (Å²) in [6.45, 7) is 1.49. The standard InChI is InChI=1S/C19H15ClN6OS/c1-12(27)26(15-6-4-5-13(20)9-15)19-22-14(11-28-19)10-21-25-18-23-16-7-2-3-8-17(16)24-18/h2-11H,1H3,(H2,23,24,25)/b21-10-. The van der Waals surface area contributed by atoms with Crippen LogP contribution in [0.5, 0.6) is 0 Å². The van der Waals surface area contributed by atoms with Crippen LogP contribution in [0.15, 0.2) is 59.0 Å². The Morgan fingerprint density at radius 1 is 1.25 bits per heavy atom. The van der Waals surface area contributed by atoms with Crippen molar-refractivity contribution in [2.24, 2.45) is 5.10 Å². The number of amides is 1. The van der Waals surface area contributed by atoms with E-state index < -0.39 is 0 Å². The summed E-state index contributed by atoms with van der Waals surface area (Å²) in [5, 5.41) is 7.08. The molecule has 2 aromatic carbocycles. The number of halogens is 1. The summed E-state index contributed by atoms with van der Waals surface area (Å²) < 4.78 is 0. The van der Waals surface area contributed by atoms with Gasteiger partial charge in [-0.25, -0.2) is 15.4 Å². The number of thiazole rings is 1. The van der Waals surface area contributed by atoms with E-state index in [1.54, 1.807) is 24.4 Å². The van der Waals surface area contributed by atoms with Crippen LogP contribution < -0.4 is 10.3 Å². The van der Waals surface area contributed by atoms with Gasteiger partial charge in [0, 0.05) is 17.3 Å². The number of hydrazone groups is 1. The summed E-state index contributed by atoms with van der Waals surface area (Å²) in [4.78, 5) is 25.6. The highest BCUT2D eigenvalue weighted by Crippen LogP contribution is 2.30. The maximum Gasteiger partial charge on any atom is 0.230 e. The number of benzene rings is 2. The average Bonchev–Trinajstić information content (AvgIpc) is 3.28. The highest BCUT2D eigenvalue weighted by atomic mass is 35.5. The Morgan fingerprint density at radius 3 is 2.89 bits per heavy atom. The van der Waals surface area contributed by atoms with Crippen LogP contribution in [0, 0.1) is 0 Å². The Hall–Kier alpha value is -3.23. The number of aromatic amines is 1. The Bertz CT molecular complexity index is 1130. The van der Waals surface area contributed by atoms with Crippen LogP contribution >= 0.6 is 22.9 Å². The molecule has 0 saturated carbocycles.